The van der Waals surface area contributed by atoms with Gasteiger partial charge in [-0.2, -0.15) is 5.10 Å². The molecule has 1 aromatic carbocycles. The predicted octanol–water partition coefficient (Wildman–Crippen LogP) is 1.90. The van der Waals surface area contributed by atoms with Crippen LogP contribution in [0.3, 0.4) is 0 Å². The van der Waals surface area contributed by atoms with Gasteiger partial charge in [-0.1, -0.05) is 0 Å². The molecule has 17 heavy (non-hydrogen) atoms. The van der Waals surface area contributed by atoms with Crippen molar-refractivity contribution < 1.29 is 9.18 Å². The van der Waals surface area contributed by atoms with Gasteiger partial charge in [0, 0.05) is 12.8 Å². The fourth-order valence-corrected chi connectivity index (χ4v) is 1.97. The molecule has 0 atom stereocenters. The first-order valence-corrected chi connectivity index (χ1v) is 5.37. The molecule has 0 spiro atoms. The summed E-state index contributed by atoms with van der Waals surface area (Å²) in [6.45, 7) is 0. The van der Waals surface area contributed by atoms with E-state index in [1.54, 1.807) is 23.0 Å². The minimum atomic E-state index is -0.275. The molecule has 0 radical (unpaired) electrons. The van der Waals surface area contributed by atoms with Crippen molar-refractivity contribution in [3.63, 3.8) is 0 Å². The summed E-state index contributed by atoms with van der Waals surface area (Å²) in [5, 5.41) is 6.98. The Labute approximate surface area is 97.1 Å². The Bertz CT molecular complexity index is 574. The molecule has 2 heterocycles. The fourth-order valence-electron chi connectivity index (χ4n) is 1.97. The second kappa shape index (κ2) is 3.69. The maximum Gasteiger partial charge on any atom is 0.224 e. The van der Waals surface area contributed by atoms with Gasteiger partial charge in [0.05, 0.1) is 23.3 Å². The molecule has 5 heteroatoms. The Morgan fingerprint density at radius 2 is 2.00 bits per heavy atom. The molecular formula is C12H10FN3O. The van der Waals surface area contributed by atoms with Crippen LogP contribution >= 0.6 is 0 Å². The van der Waals surface area contributed by atoms with Crippen LogP contribution in [0.1, 0.15) is 12.1 Å². The van der Waals surface area contributed by atoms with Crippen molar-refractivity contribution in [1.82, 2.24) is 9.78 Å². The minimum Gasteiger partial charge on any atom is -0.323 e. The number of amides is 1. The molecule has 4 nitrogen and oxygen atoms in total. The van der Waals surface area contributed by atoms with Crippen molar-refractivity contribution in [2.75, 3.05) is 5.32 Å². The standard InChI is InChI=1S/C12H10FN3O/c13-8-1-3-9(4-2-8)16-11-5-6-12(17)15-10(11)7-14-16/h1-4,7H,5-6H2,(H,15,17). The number of nitrogens with zero attached hydrogens (tertiary/aromatic N) is 2. The lowest BCUT2D eigenvalue weighted by Crippen LogP contribution is -2.19. The Balaban J connectivity index is 2.05. The number of halogens is 1. The molecule has 3 rings (SSSR count). The van der Waals surface area contributed by atoms with E-state index in [0.29, 0.717) is 12.8 Å². The highest BCUT2D eigenvalue weighted by molar-refractivity contribution is 5.93. The van der Waals surface area contributed by atoms with Gasteiger partial charge in [-0.15, -0.1) is 0 Å². The van der Waals surface area contributed by atoms with E-state index in [1.807, 2.05) is 0 Å². The van der Waals surface area contributed by atoms with Crippen molar-refractivity contribution in [1.29, 1.82) is 0 Å². The minimum absolute atomic E-state index is 0.0103. The lowest BCUT2D eigenvalue weighted by molar-refractivity contribution is -0.116. The number of benzene rings is 1. The molecule has 1 aliphatic heterocycles. The Morgan fingerprint density at radius 1 is 1.24 bits per heavy atom. The summed E-state index contributed by atoms with van der Waals surface area (Å²) in [6.07, 6.45) is 2.73. The molecule has 0 bridgehead atoms. The molecule has 0 fully saturated rings. The number of carbonyl (C=O) groups is 1. The summed E-state index contributed by atoms with van der Waals surface area (Å²) >= 11 is 0. The molecule has 0 aliphatic carbocycles. The van der Waals surface area contributed by atoms with Crippen LogP contribution in [0, 0.1) is 5.82 Å². The fraction of sp³-hybridized carbons (Fsp3) is 0.167. The van der Waals surface area contributed by atoms with Gasteiger partial charge in [0.1, 0.15) is 5.82 Å². The van der Waals surface area contributed by atoms with Crippen LogP contribution in [0.4, 0.5) is 10.1 Å². The highest BCUT2D eigenvalue weighted by atomic mass is 19.1. The average Bonchev–Trinajstić information content (AvgIpc) is 2.73. The Hall–Kier alpha value is -2.17. The number of nitrogens with one attached hydrogen (secondary N) is 1. The van der Waals surface area contributed by atoms with Crippen LogP contribution in [0.25, 0.3) is 5.69 Å². The van der Waals surface area contributed by atoms with Gasteiger partial charge in [0.15, 0.2) is 0 Å². The van der Waals surface area contributed by atoms with Crippen LogP contribution in [0.2, 0.25) is 0 Å². The second-order valence-corrected chi connectivity index (χ2v) is 3.94. The summed E-state index contributed by atoms with van der Waals surface area (Å²) < 4.78 is 14.6. The van der Waals surface area contributed by atoms with Gasteiger partial charge >= 0.3 is 0 Å². The maximum absolute atomic E-state index is 12.8. The van der Waals surface area contributed by atoms with E-state index in [1.165, 1.54) is 12.1 Å². The smallest absolute Gasteiger partial charge is 0.224 e. The molecule has 2 aromatic rings. The van der Waals surface area contributed by atoms with Gasteiger partial charge in [0.25, 0.3) is 0 Å². The highest BCUT2D eigenvalue weighted by Gasteiger charge is 2.19. The first-order valence-electron chi connectivity index (χ1n) is 5.37. The van der Waals surface area contributed by atoms with Crippen LogP contribution in [0.5, 0.6) is 0 Å². The third-order valence-corrected chi connectivity index (χ3v) is 2.80. The zero-order chi connectivity index (χ0) is 11.8. The summed E-state index contributed by atoms with van der Waals surface area (Å²) in [6, 6.07) is 6.12. The number of carbonyl (C=O) groups excluding carboxylic acids is 1. The van der Waals surface area contributed by atoms with Gasteiger partial charge in [-0.3, -0.25) is 4.79 Å². The topological polar surface area (TPSA) is 46.9 Å². The molecule has 1 aliphatic rings. The van der Waals surface area contributed by atoms with Crippen molar-refractivity contribution in [2.24, 2.45) is 0 Å². The SMILES string of the molecule is O=C1CCc2c(cnn2-c2ccc(F)cc2)N1. The largest absolute Gasteiger partial charge is 0.323 e. The van der Waals surface area contributed by atoms with E-state index in [9.17, 15) is 9.18 Å². The monoisotopic (exact) mass is 231 g/mol. The summed E-state index contributed by atoms with van der Waals surface area (Å²) in [5.41, 5.74) is 2.49. The number of aromatic nitrogens is 2. The molecular weight excluding hydrogens is 221 g/mol. The van der Waals surface area contributed by atoms with Gasteiger partial charge in [0.2, 0.25) is 5.91 Å². The van der Waals surface area contributed by atoms with E-state index >= 15 is 0 Å². The number of anilines is 1. The van der Waals surface area contributed by atoms with E-state index in [0.717, 1.165) is 17.1 Å². The lowest BCUT2D eigenvalue weighted by Gasteiger charge is -2.14. The van der Waals surface area contributed by atoms with Crippen LogP contribution < -0.4 is 5.32 Å². The third-order valence-electron chi connectivity index (χ3n) is 2.80. The number of hydrogen-bond donors (Lipinski definition) is 1. The second-order valence-electron chi connectivity index (χ2n) is 3.94. The van der Waals surface area contributed by atoms with Crippen molar-refractivity contribution in [2.45, 2.75) is 12.8 Å². The normalized spacial score (nSPS) is 14.3. The van der Waals surface area contributed by atoms with E-state index in [4.69, 9.17) is 0 Å². The van der Waals surface area contributed by atoms with Crippen molar-refractivity contribution >= 4 is 11.6 Å². The zero-order valence-corrected chi connectivity index (χ0v) is 8.98. The molecule has 0 unspecified atom stereocenters. The van der Waals surface area contributed by atoms with Crippen LogP contribution in [-0.4, -0.2) is 15.7 Å². The number of hydrogen-bond acceptors (Lipinski definition) is 2. The number of fused-ring (bicyclic) bond motifs is 1. The Morgan fingerprint density at radius 3 is 2.76 bits per heavy atom. The van der Waals surface area contributed by atoms with Crippen LogP contribution in [0.15, 0.2) is 30.5 Å². The predicted molar refractivity (Wildman–Crippen MR) is 60.5 cm³/mol. The van der Waals surface area contributed by atoms with Gasteiger partial charge in [-0.05, 0) is 24.3 Å². The summed E-state index contributed by atoms with van der Waals surface area (Å²) in [4.78, 5) is 11.2. The highest BCUT2D eigenvalue weighted by Crippen LogP contribution is 2.24. The molecule has 1 amide bonds. The van der Waals surface area contributed by atoms with E-state index < -0.39 is 0 Å². The first kappa shape index (κ1) is 10.0. The zero-order valence-electron chi connectivity index (χ0n) is 8.98. The van der Waals surface area contributed by atoms with Crippen molar-refractivity contribution in [3.05, 3.63) is 42.0 Å². The van der Waals surface area contributed by atoms with Gasteiger partial charge < -0.3 is 5.32 Å². The molecule has 86 valence electrons. The van der Waals surface area contributed by atoms with Crippen molar-refractivity contribution in [3.8, 4) is 5.69 Å². The summed E-state index contributed by atoms with van der Waals surface area (Å²) in [7, 11) is 0. The molecule has 1 N–H and O–H groups in total. The molecule has 0 saturated heterocycles. The first-order chi connectivity index (χ1) is 8.24. The quantitative estimate of drug-likeness (QED) is 0.814. The molecule has 0 saturated carbocycles. The lowest BCUT2D eigenvalue weighted by atomic mass is 10.1. The molecule has 1 aromatic heterocycles. The van der Waals surface area contributed by atoms with Gasteiger partial charge in [-0.25, -0.2) is 9.07 Å². The van der Waals surface area contributed by atoms with Crippen LogP contribution in [-0.2, 0) is 11.2 Å². The maximum atomic E-state index is 12.8. The van der Waals surface area contributed by atoms with E-state index in [2.05, 4.69) is 10.4 Å². The number of rotatable bonds is 1. The summed E-state index contributed by atoms with van der Waals surface area (Å²) in [5.74, 6) is -0.265. The van der Waals surface area contributed by atoms with E-state index in [-0.39, 0.29) is 11.7 Å². The average molecular weight is 231 g/mol. The third kappa shape index (κ3) is 1.69. The Kier molecular flexibility index (Phi) is 2.18.